The van der Waals surface area contributed by atoms with Crippen LogP contribution >= 0.6 is 22.9 Å². The van der Waals surface area contributed by atoms with E-state index in [0.29, 0.717) is 16.7 Å². The van der Waals surface area contributed by atoms with Crippen molar-refractivity contribution in [1.29, 1.82) is 0 Å². The first-order valence-electron chi connectivity index (χ1n) is 5.76. The zero-order valence-corrected chi connectivity index (χ0v) is 12.0. The predicted octanol–water partition coefficient (Wildman–Crippen LogP) is 3.95. The maximum atomic E-state index is 6.34. The molecule has 1 aliphatic rings. The monoisotopic (exact) mass is 257 g/mol. The first-order valence-corrected chi connectivity index (χ1v) is 6.96. The van der Waals surface area contributed by atoms with Crippen molar-refractivity contribution in [2.45, 2.75) is 40.2 Å². The molecule has 1 unspecified atom stereocenters. The van der Waals surface area contributed by atoms with Gasteiger partial charge in [-0.1, -0.05) is 39.3 Å². The van der Waals surface area contributed by atoms with Gasteiger partial charge in [0, 0.05) is 10.9 Å². The summed E-state index contributed by atoms with van der Waals surface area (Å²) in [6.45, 7) is 9.27. The van der Waals surface area contributed by atoms with Gasteiger partial charge in [-0.15, -0.1) is 11.3 Å². The van der Waals surface area contributed by atoms with Crippen molar-refractivity contribution in [2.75, 3.05) is 0 Å². The molecule has 90 valence electrons. The summed E-state index contributed by atoms with van der Waals surface area (Å²) in [4.78, 5) is 1.30. The van der Waals surface area contributed by atoms with Crippen LogP contribution in [-0.2, 0) is 6.42 Å². The maximum Gasteiger partial charge on any atom is 0.0931 e. The minimum atomic E-state index is 0.250. The van der Waals surface area contributed by atoms with Crippen molar-refractivity contribution < 1.29 is 0 Å². The molecule has 1 fully saturated rings. The molecule has 0 saturated heterocycles. The summed E-state index contributed by atoms with van der Waals surface area (Å²) in [6, 6.07) is 4.30. The topological polar surface area (TPSA) is 26.0 Å². The van der Waals surface area contributed by atoms with Gasteiger partial charge < -0.3 is 5.73 Å². The molecule has 1 nitrogen and oxygen atoms in total. The number of rotatable bonds is 3. The Morgan fingerprint density at radius 1 is 1.31 bits per heavy atom. The molecule has 1 atom stereocenters. The van der Waals surface area contributed by atoms with Crippen LogP contribution in [-0.4, -0.2) is 6.04 Å². The van der Waals surface area contributed by atoms with E-state index in [1.165, 1.54) is 4.88 Å². The van der Waals surface area contributed by atoms with E-state index in [0.717, 1.165) is 10.8 Å². The molecule has 0 radical (unpaired) electrons. The Morgan fingerprint density at radius 2 is 1.88 bits per heavy atom. The van der Waals surface area contributed by atoms with Crippen LogP contribution < -0.4 is 5.73 Å². The van der Waals surface area contributed by atoms with Gasteiger partial charge in [-0.3, -0.25) is 0 Å². The molecule has 0 amide bonds. The zero-order chi connectivity index (χ0) is 12.1. The van der Waals surface area contributed by atoms with Crippen LogP contribution in [0.15, 0.2) is 12.1 Å². The van der Waals surface area contributed by atoms with Crippen LogP contribution in [0.4, 0.5) is 0 Å². The normalized spacial score (nSPS) is 24.4. The van der Waals surface area contributed by atoms with Crippen molar-refractivity contribution in [3.8, 4) is 0 Å². The summed E-state index contributed by atoms with van der Waals surface area (Å²) >= 11 is 7.58. The van der Waals surface area contributed by atoms with Gasteiger partial charge in [0.05, 0.1) is 4.34 Å². The van der Waals surface area contributed by atoms with Crippen molar-refractivity contribution in [1.82, 2.24) is 0 Å². The summed E-state index contributed by atoms with van der Waals surface area (Å²) in [6.07, 6.45) is 0.953. The molecule has 0 spiro atoms. The van der Waals surface area contributed by atoms with Crippen LogP contribution in [0.2, 0.25) is 4.34 Å². The summed E-state index contributed by atoms with van der Waals surface area (Å²) in [5.41, 5.74) is 7.07. The van der Waals surface area contributed by atoms with Crippen molar-refractivity contribution in [2.24, 2.45) is 22.5 Å². The van der Waals surface area contributed by atoms with E-state index in [2.05, 4.69) is 33.8 Å². The molecule has 2 N–H and O–H groups in total. The van der Waals surface area contributed by atoms with Crippen LogP contribution in [0.1, 0.15) is 32.6 Å². The molecular formula is C13H20ClNS. The average Bonchev–Trinajstić information content (AvgIpc) is 2.44. The summed E-state index contributed by atoms with van der Waals surface area (Å²) in [5, 5.41) is 0. The molecule has 16 heavy (non-hydrogen) atoms. The number of halogens is 1. The van der Waals surface area contributed by atoms with Gasteiger partial charge >= 0.3 is 0 Å². The lowest BCUT2D eigenvalue weighted by molar-refractivity contribution is 0.457. The van der Waals surface area contributed by atoms with E-state index in [1.807, 2.05) is 6.07 Å². The Balaban J connectivity index is 2.03. The van der Waals surface area contributed by atoms with Gasteiger partial charge in [0.1, 0.15) is 0 Å². The Bertz CT molecular complexity index is 380. The highest BCUT2D eigenvalue weighted by molar-refractivity contribution is 7.16. The lowest BCUT2D eigenvalue weighted by atomic mass is 10.0. The molecule has 1 aromatic heterocycles. The van der Waals surface area contributed by atoms with E-state index in [9.17, 15) is 0 Å². The van der Waals surface area contributed by atoms with Gasteiger partial charge in [0.2, 0.25) is 0 Å². The number of hydrogen-bond donors (Lipinski definition) is 1. The fourth-order valence-corrected chi connectivity index (χ4v) is 4.29. The number of thiophene rings is 1. The molecule has 1 aliphatic carbocycles. The molecule has 0 aliphatic heterocycles. The number of hydrogen-bond acceptors (Lipinski definition) is 2. The van der Waals surface area contributed by atoms with Crippen LogP contribution in [0.3, 0.4) is 0 Å². The standard InChI is InChI=1S/C13H20ClNS/c1-12(2)11(13(12,3)4)9(15)7-8-5-6-10(14)16-8/h5-6,9,11H,7,15H2,1-4H3. The first-order chi connectivity index (χ1) is 7.26. The van der Waals surface area contributed by atoms with E-state index in [1.54, 1.807) is 11.3 Å². The molecule has 1 saturated carbocycles. The fraction of sp³-hybridized carbons (Fsp3) is 0.692. The summed E-state index contributed by atoms with van der Waals surface area (Å²) < 4.78 is 0.858. The van der Waals surface area contributed by atoms with Gasteiger partial charge in [-0.2, -0.15) is 0 Å². The second-order valence-corrected chi connectivity index (χ2v) is 7.79. The van der Waals surface area contributed by atoms with Gasteiger partial charge in [-0.05, 0) is 35.3 Å². The Morgan fingerprint density at radius 3 is 2.25 bits per heavy atom. The summed E-state index contributed by atoms with van der Waals surface area (Å²) in [5.74, 6) is 0.612. The Labute approximate surface area is 107 Å². The highest BCUT2D eigenvalue weighted by atomic mass is 35.5. The minimum absolute atomic E-state index is 0.250. The first kappa shape index (κ1) is 12.4. The molecule has 1 heterocycles. The molecular weight excluding hydrogens is 238 g/mol. The number of nitrogens with two attached hydrogens (primary N) is 1. The third-order valence-corrected chi connectivity index (χ3v) is 5.88. The molecule has 3 heteroatoms. The molecule has 2 rings (SSSR count). The Hall–Kier alpha value is -0.0500. The van der Waals surface area contributed by atoms with Gasteiger partial charge in [0.25, 0.3) is 0 Å². The zero-order valence-electron chi connectivity index (χ0n) is 10.4. The lowest BCUT2D eigenvalue weighted by Gasteiger charge is -2.12. The summed E-state index contributed by atoms with van der Waals surface area (Å²) in [7, 11) is 0. The Kier molecular flexibility index (Phi) is 2.89. The van der Waals surface area contributed by atoms with Crippen LogP contribution in [0, 0.1) is 16.7 Å². The van der Waals surface area contributed by atoms with Crippen molar-refractivity contribution in [3.05, 3.63) is 21.3 Å². The lowest BCUT2D eigenvalue weighted by Crippen LogP contribution is -2.28. The smallest absolute Gasteiger partial charge is 0.0931 e. The van der Waals surface area contributed by atoms with E-state index < -0.39 is 0 Å². The third-order valence-electron chi connectivity index (χ3n) is 4.63. The molecule has 0 aromatic carbocycles. The average molecular weight is 258 g/mol. The van der Waals surface area contributed by atoms with E-state index >= 15 is 0 Å². The quantitative estimate of drug-likeness (QED) is 0.872. The molecule has 1 aromatic rings. The third kappa shape index (κ3) is 1.81. The van der Waals surface area contributed by atoms with E-state index in [4.69, 9.17) is 17.3 Å². The van der Waals surface area contributed by atoms with Crippen molar-refractivity contribution >= 4 is 22.9 Å². The SMILES string of the molecule is CC1(C)C(C(N)Cc2ccc(Cl)s2)C1(C)C. The van der Waals surface area contributed by atoms with Crippen LogP contribution in [0.25, 0.3) is 0 Å². The second-order valence-electron chi connectivity index (χ2n) is 5.99. The van der Waals surface area contributed by atoms with Crippen molar-refractivity contribution in [3.63, 3.8) is 0 Å². The predicted molar refractivity (Wildman–Crippen MR) is 72.1 cm³/mol. The second kappa shape index (κ2) is 3.72. The van der Waals surface area contributed by atoms with Gasteiger partial charge in [-0.25, -0.2) is 0 Å². The van der Waals surface area contributed by atoms with Gasteiger partial charge in [0.15, 0.2) is 0 Å². The maximum absolute atomic E-state index is 6.34. The largest absolute Gasteiger partial charge is 0.327 e. The highest BCUT2D eigenvalue weighted by Gasteiger charge is 2.66. The molecule has 0 bridgehead atoms. The van der Waals surface area contributed by atoms with Crippen LogP contribution in [0.5, 0.6) is 0 Å². The fourth-order valence-electron chi connectivity index (χ4n) is 3.13. The minimum Gasteiger partial charge on any atom is -0.327 e. The highest BCUT2D eigenvalue weighted by Crippen LogP contribution is 2.69. The van der Waals surface area contributed by atoms with E-state index in [-0.39, 0.29) is 6.04 Å².